The van der Waals surface area contributed by atoms with Crippen LogP contribution in [0.4, 0.5) is 5.69 Å². The molecule has 0 fully saturated rings. The van der Waals surface area contributed by atoms with Crippen LogP contribution >= 0.6 is 0 Å². The summed E-state index contributed by atoms with van der Waals surface area (Å²) in [5.74, 6) is 1.44. The second kappa shape index (κ2) is 14.1. The smallest absolute Gasteiger partial charge is 0.343 e. The molecule has 0 radical (unpaired) electrons. The van der Waals surface area contributed by atoms with Gasteiger partial charge in [0.2, 0.25) is 0 Å². The second-order valence-electron chi connectivity index (χ2n) is 8.90. The summed E-state index contributed by atoms with van der Waals surface area (Å²) in [5, 5.41) is 0. The Balaban J connectivity index is 1.47. The van der Waals surface area contributed by atoms with Gasteiger partial charge in [-0.25, -0.2) is 4.79 Å². The van der Waals surface area contributed by atoms with Gasteiger partial charge >= 0.3 is 5.97 Å². The van der Waals surface area contributed by atoms with E-state index in [1.54, 1.807) is 24.3 Å². The third-order valence-electron chi connectivity index (χ3n) is 6.13. The quantitative estimate of drug-likeness (QED) is 0.109. The molecule has 1 atom stereocenters. The molecule has 0 bridgehead atoms. The molecule has 0 saturated heterocycles. The van der Waals surface area contributed by atoms with Gasteiger partial charge < -0.3 is 9.47 Å². The Labute approximate surface area is 210 Å². The molecule has 4 heteroatoms. The van der Waals surface area contributed by atoms with Crippen LogP contribution in [0, 0.1) is 0 Å². The second-order valence-corrected chi connectivity index (χ2v) is 8.90. The minimum Gasteiger partial charge on any atom is -0.494 e. The molecule has 0 aliphatic rings. The molecule has 0 aliphatic carbocycles. The Morgan fingerprint density at radius 2 is 1.49 bits per heavy atom. The van der Waals surface area contributed by atoms with Crippen molar-refractivity contribution in [3.63, 3.8) is 0 Å². The van der Waals surface area contributed by atoms with Gasteiger partial charge in [-0.05, 0) is 90.6 Å². The number of rotatable bonds is 13. The van der Waals surface area contributed by atoms with Crippen LogP contribution < -0.4 is 9.47 Å². The zero-order valence-corrected chi connectivity index (χ0v) is 21.2. The molecule has 0 aromatic heterocycles. The van der Waals surface area contributed by atoms with Gasteiger partial charge in [-0.15, -0.1) is 0 Å². The van der Waals surface area contributed by atoms with Gasteiger partial charge in [-0.1, -0.05) is 58.6 Å². The van der Waals surface area contributed by atoms with Crippen LogP contribution in [0.3, 0.4) is 0 Å². The number of benzene rings is 3. The third-order valence-corrected chi connectivity index (χ3v) is 6.13. The van der Waals surface area contributed by atoms with E-state index in [2.05, 4.69) is 37.9 Å². The highest BCUT2D eigenvalue weighted by atomic mass is 16.5. The Morgan fingerprint density at radius 3 is 2.14 bits per heavy atom. The van der Waals surface area contributed by atoms with Crippen LogP contribution in [0.15, 0.2) is 77.8 Å². The average molecular weight is 472 g/mol. The fourth-order valence-corrected chi connectivity index (χ4v) is 3.64. The first-order valence-corrected chi connectivity index (χ1v) is 12.8. The fourth-order valence-electron chi connectivity index (χ4n) is 3.64. The van der Waals surface area contributed by atoms with Crippen molar-refractivity contribution in [3.8, 4) is 11.5 Å². The molecule has 0 aliphatic heterocycles. The highest BCUT2D eigenvalue weighted by Crippen LogP contribution is 2.22. The highest BCUT2D eigenvalue weighted by molar-refractivity contribution is 5.91. The summed E-state index contributed by atoms with van der Waals surface area (Å²) in [7, 11) is 0. The van der Waals surface area contributed by atoms with Crippen molar-refractivity contribution in [2.75, 3.05) is 6.61 Å². The number of unbranched alkanes of at least 4 members (excludes halogenated alkanes) is 4. The summed E-state index contributed by atoms with van der Waals surface area (Å²) in [5.41, 5.74) is 3.67. The number of aliphatic imine (C=N–C) groups is 1. The lowest BCUT2D eigenvalue weighted by molar-refractivity contribution is 0.0734. The fraction of sp³-hybridized carbons (Fsp3) is 0.355. The van der Waals surface area contributed by atoms with Crippen molar-refractivity contribution in [2.45, 2.75) is 65.2 Å². The van der Waals surface area contributed by atoms with Crippen molar-refractivity contribution >= 4 is 17.9 Å². The van der Waals surface area contributed by atoms with E-state index in [4.69, 9.17) is 9.47 Å². The molecule has 0 amide bonds. The molecule has 0 unspecified atom stereocenters. The maximum atomic E-state index is 12.5. The SMILES string of the molecule is CCCCCCCOc1ccc(C(=O)Oc2ccc(C=Nc3ccc([C@@H](C)CC)cc3)cc2)cc1. The van der Waals surface area contributed by atoms with Gasteiger partial charge in [0.1, 0.15) is 11.5 Å². The first kappa shape index (κ1) is 26.2. The minimum absolute atomic E-state index is 0.390. The van der Waals surface area contributed by atoms with E-state index in [0.717, 1.165) is 29.8 Å². The molecule has 35 heavy (non-hydrogen) atoms. The van der Waals surface area contributed by atoms with E-state index in [1.807, 2.05) is 42.6 Å². The van der Waals surface area contributed by atoms with E-state index in [1.165, 1.54) is 31.2 Å². The Bertz CT molecular complexity index is 1050. The molecular formula is C31H37NO3. The summed E-state index contributed by atoms with van der Waals surface area (Å²) in [6.45, 7) is 7.34. The first-order valence-electron chi connectivity index (χ1n) is 12.8. The molecule has 3 aromatic rings. The van der Waals surface area contributed by atoms with Gasteiger partial charge in [0.25, 0.3) is 0 Å². The predicted octanol–water partition coefficient (Wildman–Crippen LogP) is 8.52. The normalized spacial score (nSPS) is 12.0. The molecule has 4 nitrogen and oxygen atoms in total. The number of nitrogens with zero attached hydrogens (tertiary/aromatic N) is 1. The van der Waals surface area contributed by atoms with E-state index in [-0.39, 0.29) is 5.97 Å². The van der Waals surface area contributed by atoms with Crippen LogP contribution in [0.2, 0.25) is 0 Å². The largest absolute Gasteiger partial charge is 0.494 e. The molecule has 0 spiro atoms. The molecule has 0 saturated carbocycles. The van der Waals surface area contributed by atoms with Gasteiger partial charge in [-0.3, -0.25) is 4.99 Å². The van der Waals surface area contributed by atoms with Gasteiger partial charge in [0, 0.05) is 6.21 Å². The first-order chi connectivity index (χ1) is 17.1. The van der Waals surface area contributed by atoms with Crippen molar-refractivity contribution in [2.24, 2.45) is 4.99 Å². The molecule has 0 heterocycles. The third kappa shape index (κ3) is 8.71. The maximum absolute atomic E-state index is 12.5. The lowest BCUT2D eigenvalue weighted by atomic mass is 9.99. The van der Waals surface area contributed by atoms with Crippen LogP contribution in [-0.4, -0.2) is 18.8 Å². The number of hydrogen-bond acceptors (Lipinski definition) is 4. The van der Waals surface area contributed by atoms with Crippen LogP contribution in [-0.2, 0) is 0 Å². The summed E-state index contributed by atoms with van der Waals surface area (Å²) >= 11 is 0. The number of hydrogen-bond donors (Lipinski definition) is 0. The highest BCUT2D eigenvalue weighted by Gasteiger charge is 2.09. The summed E-state index contributed by atoms with van der Waals surface area (Å²) < 4.78 is 11.3. The van der Waals surface area contributed by atoms with Crippen molar-refractivity contribution in [1.82, 2.24) is 0 Å². The van der Waals surface area contributed by atoms with Crippen LogP contribution in [0.5, 0.6) is 11.5 Å². The summed E-state index contributed by atoms with van der Waals surface area (Å²) in [6, 6.07) is 22.8. The van der Waals surface area contributed by atoms with Crippen molar-refractivity contribution in [1.29, 1.82) is 0 Å². The predicted molar refractivity (Wildman–Crippen MR) is 144 cm³/mol. The zero-order chi connectivity index (χ0) is 24.9. The minimum atomic E-state index is -0.390. The maximum Gasteiger partial charge on any atom is 0.343 e. The summed E-state index contributed by atoms with van der Waals surface area (Å²) in [4.78, 5) is 17.0. The Kier molecular flexibility index (Phi) is 10.6. The average Bonchev–Trinajstić information content (AvgIpc) is 2.90. The van der Waals surface area contributed by atoms with Crippen LogP contribution in [0.25, 0.3) is 0 Å². The molecule has 184 valence electrons. The number of carbonyl (C=O) groups excluding carboxylic acids is 1. The van der Waals surface area contributed by atoms with Crippen molar-refractivity contribution < 1.29 is 14.3 Å². The zero-order valence-electron chi connectivity index (χ0n) is 21.2. The lowest BCUT2D eigenvalue weighted by Gasteiger charge is -2.08. The van der Waals surface area contributed by atoms with Crippen LogP contribution in [0.1, 0.15) is 86.7 Å². The summed E-state index contributed by atoms with van der Waals surface area (Å²) in [6.07, 6.45) is 8.95. The monoisotopic (exact) mass is 471 g/mol. The molecule has 3 aromatic carbocycles. The number of ether oxygens (including phenoxy) is 2. The van der Waals surface area contributed by atoms with E-state index in [9.17, 15) is 4.79 Å². The number of esters is 1. The molecule has 3 rings (SSSR count). The standard InChI is InChI=1S/C31H37NO3/c1-4-6-7-8-9-22-34-29-20-14-27(15-21-29)31(33)35-30-18-10-25(11-19-30)23-32-28-16-12-26(13-17-28)24(3)5-2/h10-21,23-24H,4-9,22H2,1-3H3/t24-/m0/s1. The van der Waals surface area contributed by atoms with Gasteiger partial charge in [0.15, 0.2) is 0 Å². The Hall–Kier alpha value is -3.40. The lowest BCUT2D eigenvalue weighted by Crippen LogP contribution is -2.08. The topological polar surface area (TPSA) is 47.9 Å². The van der Waals surface area contributed by atoms with Crippen molar-refractivity contribution in [3.05, 3.63) is 89.5 Å². The molecular weight excluding hydrogens is 434 g/mol. The van der Waals surface area contributed by atoms with E-state index < -0.39 is 0 Å². The number of carbonyl (C=O) groups is 1. The Morgan fingerprint density at radius 1 is 0.829 bits per heavy atom. The van der Waals surface area contributed by atoms with E-state index in [0.29, 0.717) is 23.8 Å². The van der Waals surface area contributed by atoms with Gasteiger partial charge in [-0.2, -0.15) is 0 Å². The van der Waals surface area contributed by atoms with E-state index >= 15 is 0 Å². The molecule has 0 N–H and O–H groups in total. The van der Waals surface area contributed by atoms with Gasteiger partial charge in [0.05, 0.1) is 17.9 Å².